The van der Waals surface area contributed by atoms with Crippen LogP contribution in [0.4, 0.5) is 23.5 Å². The van der Waals surface area contributed by atoms with Crippen LogP contribution in [-0.2, 0) is 14.3 Å². The van der Waals surface area contributed by atoms with Crippen molar-refractivity contribution in [3.63, 3.8) is 0 Å². The van der Waals surface area contributed by atoms with E-state index in [0.717, 1.165) is 65.3 Å². The molecule has 1 aromatic rings. The highest BCUT2D eigenvalue weighted by molar-refractivity contribution is 5.73. The monoisotopic (exact) mass is 436 g/mol. The molecule has 3 saturated heterocycles. The van der Waals surface area contributed by atoms with E-state index >= 15 is 0 Å². The summed E-state index contributed by atoms with van der Waals surface area (Å²) in [6.07, 6.45) is 0.439. The van der Waals surface area contributed by atoms with Gasteiger partial charge < -0.3 is 19.5 Å². The Labute approximate surface area is 170 Å². The molecule has 168 valence electrons. The van der Waals surface area contributed by atoms with Gasteiger partial charge in [-0.1, -0.05) is 0 Å². The summed E-state index contributed by atoms with van der Waals surface area (Å²) in [5.41, 5.74) is -0.000495. The smallest absolute Gasteiger partial charge is 0.475 e. The highest BCUT2D eigenvalue weighted by atomic mass is 19.4. The fraction of sp³-hybridized carbons (Fsp3) is 0.722. The number of halogens is 4. The van der Waals surface area contributed by atoms with Gasteiger partial charge in [0.15, 0.2) is 5.82 Å². The van der Waals surface area contributed by atoms with Crippen LogP contribution >= 0.6 is 0 Å². The number of rotatable bonds is 2. The minimum Gasteiger partial charge on any atom is -0.475 e. The summed E-state index contributed by atoms with van der Waals surface area (Å²) in [5, 5.41) is 7.12. The van der Waals surface area contributed by atoms with Crippen LogP contribution in [0, 0.1) is 5.82 Å². The summed E-state index contributed by atoms with van der Waals surface area (Å²) in [6, 6.07) is 0.521. The maximum Gasteiger partial charge on any atom is 0.490 e. The van der Waals surface area contributed by atoms with Gasteiger partial charge in [0.1, 0.15) is 0 Å². The molecule has 1 spiro atoms. The Morgan fingerprint density at radius 2 is 1.70 bits per heavy atom. The summed E-state index contributed by atoms with van der Waals surface area (Å²) in [5.74, 6) is -2.54. The van der Waals surface area contributed by atoms with Crippen LogP contribution in [0.1, 0.15) is 19.3 Å². The van der Waals surface area contributed by atoms with Gasteiger partial charge in [0, 0.05) is 32.2 Å². The molecule has 8 nitrogen and oxygen atoms in total. The molecule has 1 aromatic heterocycles. The summed E-state index contributed by atoms with van der Waals surface area (Å²) in [6.45, 7) is 6.24. The number of alkyl halides is 3. The first kappa shape index (κ1) is 22.6. The molecule has 3 fully saturated rings. The largest absolute Gasteiger partial charge is 0.490 e. The Hall–Kier alpha value is -2.05. The number of hydrogen-bond donors (Lipinski definition) is 1. The third kappa shape index (κ3) is 5.76. The number of aliphatic carboxylic acids is 1. The van der Waals surface area contributed by atoms with Crippen molar-refractivity contribution < 1.29 is 36.9 Å². The van der Waals surface area contributed by atoms with E-state index in [0.29, 0.717) is 12.0 Å². The van der Waals surface area contributed by atoms with Gasteiger partial charge in [0.25, 0.3) is 0 Å². The van der Waals surface area contributed by atoms with Crippen molar-refractivity contribution in [2.75, 3.05) is 50.9 Å². The lowest BCUT2D eigenvalue weighted by atomic mass is 9.87. The molecule has 1 N–H and O–H groups in total. The summed E-state index contributed by atoms with van der Waals surface area (Å²) < 4.78 is 56.4. The number of aromatic nitrogens is 2. The molecule has 12 heteroatoms. The lowest BCUT2D eigenvalue weighted by molar-refractivity contribution is -0.192. The normalized spacial score (nSPS) is 24.4. The molecule has 0 radical (unpaired) electrons. The van der Waals surface area contributed by atoms with E-state index in [1.165, 1.54) is 12.4 Å². The van der Waals surface area contributed by atoms with E-state index < -0.39 is 18.0 Å². The maximum absolute atomic E-state index is 12.9. The fourth-order valence-corrected chi connectivity index (χ4v) is 3.93. The van der Waals surface area contributed by atoms with Gasteiger partial charge in [-0.05, 0) is 19.3 Å². The van der Waals surface area contributed by atoms with E-state index in [4.69, 9.17) is 19.4 Å². The van der Waals surface area contributed by atoms with E-state index in [1.54, 1.807) is 0 Å². The second kappa shape index (κ2) is 9.40. The Morgan fingerprint density at radius 3 is 2.23 bits per heavy atom. The molecule has 4 rings (SSSR count). The van der Waals surface area contributed by atoms with Gasteiger partial charge in [-0.25, -0.2) is 19.2 Å². The maximum atomic E-state index is 12.9. The second-order valence-corrected chi connectivity index (χ2v) is 7.49. The molecule has 30 heavy (non-hydrogen) atoms. The van der Waals surface area contributed by atoms with Crippen LogP contribution in [0.25, 0.3) is 0 Å². The number of hydrogen-bond acceptors (Lipinski definition) is 7. The van der Waals surface area contributed by atoms with E-state index in [2.05, 4.69) is 19.8 Å². The number of carbonyl (C=O) groups is 1. The van der Waals surface area contributed by atoms with Crippen molar-refractivity contribution in [2.45, 2.75) is 37.1 Å². The van der Waals surface area contributed by atoms with E-state index in [1.807, 2.05) is 0 Å². The number of anilines is 1. The van der Waals surface area contributed by atoms with Gasteiger partial charge in [-0.3, -0.25) is 4.90 Å². The Balaban J connectivity index is 0.000000318. The number of carboxylic acids is 1. The number of morpholine rings is 1. The zero-order chi connectivity index (χ0) is 21.8. The van der Waals surface area contributed by atoms with Crippen molar-refractivity contribution in [3.05, 3.63) is 18.2 Å². The van der Waals surface area contributed by atoms with Gasteiger partial charge in [-0.15, -0.1) is 0 Å². The van der Waals surface area contributed by atoms with E-state index in [-0.39, 0.29) is 5.60 Å². The zero-order valence-electron chi connectivity index (χ0n) is 16.3. The molecule has 0 aromatic carbocycles. The average molecular weight is 436 g/mol. The average Bonchev–Trinajstić information content (AvgIpc) is 3.13. The molecule has 0 aliphatic carbocycles. The second-order valence-electron chi connectivity index (χ2n) is 7.49. The van der Waals surface area contributed by atoms with E-state index in [9.17, 15) is 17.6 Å². The highest BCUT2D eigenvalue weighted by Crippen LogP contribution is 2.38. The van der Waals surface area contributed by atoms with Crippen LogP contribution in [-0.4, -0.2) is 89.8 Å². The number of piperidine rings is 1. The predicted molar refractivity (Wildman–Crippen MR) is 96.6 cm³/mol. The fourth-order valence-electron chi connectivity index (χ4n) is 3.93. The first-order valence-corrected chi connectivity index (χ1v) is 9.67. The summed E-state index contributed by atoms with van der Waals surface area (Å²) in [4.78, 5) is 21.7. The Kier molecular flexibility index (Phi) is 7.09. The van der Waals surface area contributed by atoms with Crippen LogP contribution in [0.5, 0.6) is 0 Å². The van der Waals surface area contributed by atoms with Crippen LogP contribution in [0.3, 0.4) is 0 Å². The molecule has 3 aliphatic heterocycles. The third-order valence-electron chi connectivity index (χ3n) is 5.56. The molecular formula is C18H24F4N4O4. The van der Waals surface area contributed by atoms with Gasteiger partial charge in [-0.2, -0.15) is 13.2 Å². The lowest BCUT2D eigenvalue weighted by Crippen LogP contribution is -2.47. The van der Waals surface area contributed by atoms with Gasteiger partial charge >= 0.3 is 12.1 Å². The first-order chi connectivity index (χ1) is 14.2. The minimum absolute atomic E-state index is 0.000495. The predicted octanol–water partition coefficient (Wildman–Crippen LogP) is 1.71. The SMILES string of the molecule is Fc1cnc(N2CCC3(CC2)CC(N2CCOCC2)CO3)nc1.O=C(O)C(F)(F)F. The number of ether oxygens (including phenoxy) is 2. The van der Waals surface area contributed by atoms with Crippen LogP contribution < -0.4 is 4.90 Å². The minimum atomic E-state index is -5.08. The quantitative estimate of drug-likeness (QED) is 0.702. The third-order valence-corrected chi connectivity index (χ3v) is 5.56. The standard InChI is InChI=1S/C16H23FN4O2.C2HF3O2/c17-13-10-18-15(19-11-13)21-3-1-16(2-4-21)9-14(12-23-16)20-5-7-22-8-6-20;3-2(4,5)1(6)7/h10-11,14H,1-9,12H2;(H,6,7). The van der Waals surface area contributed by atoms with Crippen LogP contribution in [0.2, 0.25) is 0 Å². The molecule has 4 heterocycles. The van der Waals surface area contributed by atoms with Crippen molar-refractivity contribution in [2.24, 2.45) is 0 Å². The number of nitrogens with zero attached hydrogens (tertiary/aromatic N) is 4. The van der Waals surface area contributed by atoms with Crippen molar-refractivity contribution in [1.29, 1.82) is 0 Å². The molecule has 0 bridgehead atoms. The van der Waals surface area contributed by atoms with Gasteiger partial charge in [0.2, 0.25) is 5.95 Å². The first-order valence-electron chi connectivity index (χ1n) is 9.67. The zero-order valence-corrected chi connectivity index (χ0v) is 16.3. The molecule has 0 amide bonds. The lowest BCUT2D eigenvalue weighted by Gasteiger charge is -2.39. The summed E-state index contributed by atoms with van der Waals surface area (Å²) >= 11 is 0. The Bertz CT molecular complexity index is 705. The topological polar surface area (TPSA) is 88.0 Å². The van der Waals surface area contributed by atoms with Crippen molar-refractivity contribution >= 4 is 11.9 Å². The molecule has 3 aliphatic rings. The molecular weight excluding hydrogens is 412 g/mol. The summed E-state index contributed by atoms with van der Waals surface area (Å²) in [7, 11) is 0. The van der Waals surface area contributed by atoms with Crippen molar-refractivity contribution in [1.82, 2.24) is 14.9 Å². The van der Waals surface area contributed by atoms with Crippen molar-refractivity contribution in [3.8, 4) is 0 Å². The molecule has 1 unspecified atom stereocenters. The van der Waals surface area contributed by atoms with Crippen LogP contribution in [0.15, 0.2) is 12.4 Å². The Morgan fingerprint density at radius 1 is 1.13 bits per heavy atom. The number of carboxylic acid groups (broad SMARTS) is 1. The highest BCUT2D eigenvalue weighted by Gasteiger charge is 2.44. The molecule has 0 saturated carbocycles. The van der Waals surface area contributed by atoms with Gasteiger partial charge in [0.05, 0.1) is 37.8 Å². The molecule has 1 atom stereocenters.